The van der Waals surface area contributed by atoms with Gasteiger partial charge in [-0.15, -0.1) is 0 Å². The van der Waals surface area contributed by atoms with Crippen molar-refractivity contribution in [3.8, 4) is 0 Å². The smallest absolute Gasteiger partial charge is 0.230 e. The molecule has 6 heteroatoms. The number of aromatic nitrogens is 2. The van der Waals surface area contributed by atoms with E-state index in [9.17, 15) is 9.18 Å². The van der Waals surface area contributed by atoms with Crippen molar-refractivity contribution in [1.82, 2.24) is 15.1 Å². The Bertz CT molecular complexity index is 813. The largest absolute Gasteiger partial charge is 0.372 e. The van der Waals surface area contributed by atoms with Crippen LogP contribution in [0.3, 0.4) is 0 Å². The summed E-state index contributed by atoms with van der Waals surface area (Å²) < 4.78 is 22.2. The van der Waals surface area contributed by atoms with Crippen LogP contribution in [0, 0.1) is 11.7 Å². The molecule has 2 heterocycles. The fourth-order valence-corrected chi connectivity index (χ4v) is 4.67. The van der Waals surface area contributed by atoms with Gasteiger partial charge in [-0.1, -0.05) is 31.0 Å². The van der Waals surface area contributed by atoms with E-state index in [1.807, 2.05) is 23.9 Å². The normalized spacial score (nSPS) is 24.2. The molecule has 2 atom stereocenters. The van der Waals surface area contributed by atoms with Gasteiger partial charge in [-0.3, -0.25) is 9.48 Å². The van der Waals surface area contributed by atoms with Crippen molar-refractivity contribution in [2.24, 2.45) is 13.0 Å². The summed E-state index contributed by atoms with van der Waals surface area (Å²) in [6.07, 6.45) is 5.89. The zero-order valence-corrected chi connectivity index (χ0v) is 15.7. The van der Waals surface area contributed by atoms with E-state index in [1.165, 1.54) is 6.07 Å². The Morgan fingerprint density at radius 1 is 1.33 bits per heavy atom. The zero-order valence-electron chi connectivity index (χ0n) is 15.7. The molecule has 2 fully saturated rings. The lowest BCUT2D eigenvalue weighted by Gasteiger charge is -2.30. The lowest BCUT2D eigenvalue weighted by Crippen LogP contribution is -2.45. The molecule has 5 nitrogen and oxygen atoms in total. The van der Waals surface area contributed by atoms with E-state index in [4.69, 9.17) is 4.74 Å². The summed E-state index contributed by atoms with van der Waals surface area (Å²) in [5, 5.41) is 7.35. The predicted octanol–water partition coefficient (Wildman–Crippen LogP) is 3.27. The molecule has 0 spiro atoms. The van der Waals surface area contributed by atoms with Gasteiger partial charge in [0, 0.05) is 37.9 Å². The maximum Gasteiger partial charge on any atom is 0.230 e. The van der Waals surface area contributed by atoms with Crippen LogP contribution in [-0.2, 0) is 22.0 Å². The van der Waals surface area contributed by atoms with Crippen LogP contribution in [0.5, 0.6) is 0 Å². The molecule has 1 amide bonds. The second-order valence-electron chi connectivity index (χ2n) is 7.70. The van der Waals surface area contributed by atoms with Gasteiger partial charge < -0.3 is 10.1 Å². The summed E-state index contributed by atoms with van der Waals surface area (Å²) in [6.45, 7) is 1.21. The third-order valence-electron chi connectivity index (χ3n) is 6.17. The number of nitrogens with one attached hydrogen (secondary N) is 1. The van der Waals surface area contributed by atoms with Crippen molar-refractivity contribution in [3.63, 3.8) is 0 Å². The van der Waals surface area contributed by atoms with Crippen molar-refractivity contribution in [1.29, 1.82) is 0 Å². The molecule has 144 valence electrons. The molecule has 2 aliphatic rings. The highest BCUT2D eigenvalue weighted by Crippen LogP contribution is 2.42. The summed E-state index contributed by atoms with van der Waals surface area (Å²) in [4.78, 5) is 13.2. The molecule has 0 unspecified atom stereocenters. The first kappa shape index (κ1) is 18.2. The second-order valence-corrected chi connectivity index (χ2v) is 7.70. The molecule has 1 saturated carbocycles. The maximum atomic E-state index is 14.5. The highest BCUT2D eigenvalue weighted by atomic mass is 19.1. The molecular weight excluding hydrogens is 345 g/mol. The van der Waals surface area contributed by atoms with Gasteiger partial charge in [-0.05, 0) is 31.4 Å². The van der Waals surface area contributed by atoms with E-state index in [0.717, 1.165) is 25.0 Å². The predicted molar refractivity (Wildman–Crippen MR) is 99.6 cm³/mol. The van der Waals surface area contributed by atoms with Gasteiger partial charge in [0.05, 0.1) is 11.1 Å². The Balaban J connectivity index is 1.49. The monoisotopic (exact) mass is 371 g/mol. The Morgan fingerprint density at radius 2 is 2.11 bits per heavy atom. The molecule has 27 heavy (non-hydrogen) atoms. The van der Waals surface area contributed by atoms with Crippen LogP contribution in [0.1, 0.15) is 49.5 Å². The van der Waals surface area contributed by atoms with Gasteiger partial charge in [0.1, 0.15) is 11.9 Å². The number of carbonyl (C=O) groups is 1. The molecule has 2 aromatic rings. The molecule has 1 N–H and O–H groups in total. The Morgan fingerprint density at radius 3 is 2.81 bits per heavy atom. The Hall–Kier alpha value is -2.21. The van der Waals surface area contributed by atoms with Gasteiger partial charge in [0.25, 0.3) is 0 Å². The number of hydrogen-bond donors (Lipinski definition) is 1. The molecule has 1 saturated heterocycles. The second kappa shape index (κ2) is 7.43. The highest BCUT2D eigenvalue weighted by Gasteiger charge is 2.44. The van der Waals surface area contributed by atoms with Gasteiger partial charge >= 0.3 is 0 Å². The number of benzene rings is 1. The first-order valence-corrected chi connectivity index (χ1v) is 9.75. The number of rotatable bonds is 5. The molecule has 1 aromatic heterocycles. The average molecular weight is 371 g/mol. The maximum absolute atomic E-state index is 14.5. The van der Waals surface area contributed by atoms with E-state index in [0.29, 0.717) is 31.6 Å². The van der Waals surface area contributed by atoms with E-state index in [1.54, 1.807) is 18.3 Å². The van der Waals surface area contributed by atoms with Crippen molar-refractivity contribution < 1.29 is 13.9 Å². The number of halogens is 1. The number of amides is 1. The zero-order chi connectivity index (χ0) is 18.9. The SMILES string of the molecule is Cn1nccc1[C@@H]1OCC[C@H]1CNC(=O)C1(c2ccccc2F)CCCC1. The molecule has 4 rings (SSSR count). The van der Waals surface area contributed by atoms with Crippen molar-refractivity contribution in [2.75, 3.05) is 13.2 Å². The molecular formula is C21H26FN3O2. The molecule has 1 aliphatic heterocycles. The minimum Gasteiger partial charge on any atom is -0.372 e. The lowest BCUT2D eigenvalue weighted by atomic mass is 9.77. The van der Waals surface area contributed by atoms with Crippen LogP contribution in [0.4, 0.5) is 4.39 Å². The number of nitrogens with zero attached hydrogens (tertiary/aromatic N) is 2. The van der Waals surface area contributed by atoms with E-state index in [2.05, 4.69) is 10.4 Å². The number of carbonyl (C=O) groups excluding carboxylic acids is 1. The third-order valence-corrected chi connectivity index (χ3v) is 6.17. The quantitative estimate of drug-likeness (QED) is 0.878. The van der Waals surface area contributed by atoms with Crippen LogP contribution in [0.15, 0.2) is 36.5 Å². The Labute approximate surface area is 158 Å². The van der Waals surface area contributed by atoms with E-state index < -0.39 is 5.41 Å². The van der Waals surface area contributed by atoms with Crippen LogP contribution in [0.25, 0.3) is 0 Å². The van der Waals surface area contributed by atoms with Gasteiger partial charge in [-0.25, -0.2) is 4.39 Å². The fourth-order valence-electron chi connectivity index (χ4n) is 4.67. The number of hydrogen-bond acceptors (Lipinski definition) is 3. The van der Waals surface area contributed by atoms with Crippen molar-refractivity contribution >= 4 is 5.91 Å². The average Bonchev–Trinajstić information content (AvgIpc) is 3.41. The van der Waals surface area contributed by atoms with E-state index in [-0.39, 0.29) is 23.7 Å². The van der Waals surface area contributed by atoms with Crippen LogP contribution < -0.4 is 5.32 Å². The molecule has 1 aliphatic carbocycles. The lowest BCUT2D eigenvalue weighted by molar-refractivity contribution is -0.127. The first-order valence-electron chi connectivity index (χ1n) is 9.75. The highest BCUT2D eigenvalue weighted by molar-refractivity contribution is 5.88. The third kappa shape index (κ3) is 3.27. The minimum absolute atomic E-state index is 0.0549. The Kier molecular flexibility index (Phi) is 5.00. The van der Waals surface area contributed by atoms with Gasteiger partial charge in [0.2, 0.25) is 5.91 Å². The first-order chi connectivity index (χ1) is 13.1. The molecule has 0 radical (unpaired) electrons. The van der Waals surface area contributed by atoms with Gasteiger partial charge in [-0.2, -0.15) is 5.10 Å². The van der Waals surface area contributed by atoms with Crippen LogP contribution >= 0.6 is 0 Å². The van der Waals surface area contributed by atoms with E-state index >= 15 is 0 Å². The summed E-state index contributed by atoms with van der Waals surface area (Å²) >= 11 is 0. The molecule has 0 bridgehead atoms. The summed E-state index contributed by atoms with van der Waals surface area (Å²) in [7, 11) is 1.90. The minimum atomic E-state index is -0.743. The topological polar surface area (TPSA) is 56.1 Å². The summed E-state index contributed by atoms with van der Waals surface area (Å²) in [6, 6.07) is 8.66. The van der Waals surface area contributed by atoms with Crippen molar-refractivity contribution in [3.05, 3.63) is 53.6 Å². The van der Waals surface area contributed by atoms with Gasteiger partial charge in [0.15, 0.2) is 0 Å². The molecule has 1 aromatic carbocycles. The standard InChI is InChI=1S/C21H26FN3O2/c1-25-18(8-12-24-25)19-15(9-13-27-19)14-23-20(26)21(10-4-5-11-21)16-6-2-3-7-17(16)22/h2-3,6-8,12,15,19H,4-5,9-11,13-14H2,1H3,(H,23,26)/t15-,19+/m0/s1. The van der Waals surface area contributed by atoms with Crippen LogP contribution in [-0.4, -0.2) is 28.8 Å². The van der Waals surface area contributed by atoms with Crippen molar-refractivity contribution in [2.45, 2.75) is 43.6 Å². The number of aryl methyl sites for hydroxylation is 1. The fraction of sp³-hybridized carbons (Fsp3) is 0.524. The summed E-state index contributed by atoms with van der Waals surface area (Å²) in [5.74, 6) is -0.143. The summed E-state index contributed by atoms with van der Waals surface area (Å²) in [5.41, 5.74) is 0.814. The number of ether oxygens (including phenoxy) is 1. The van der Waals surface area contributed by atoms with Crippen LogP contribution in [0.2, 0.25) is 0 Å².